The summed E-state index contributed by atoms with van der Waals surface area (Å²) in [7, 11) is 0. The minimum Gasteiger partial charge on any atom is -0.479 e. The Morgan fingerprint density at radius 3 is 2.33 bits per heavy atom. The molecular formula is C10H10Cl2O3. The first kappa shape index (κ1) is 12.1. The van der Waals surface area contributed by atoms with Crippen LogP contribution in [0.4, 0.5) is 0 Å². The summed E-state index contributed by atoms with van der Waals surface area (Å²) in [6.07, 6.45) is -0.501. The molecule has 1 aromatic carbocycles. The number of hydrogen-bond acceptors (Lipinski definition) is 2. The molecule has 0 amide bonds. The van der Waals surface area contributed by atoms with E-state index in [-0.39, 0.29) is 0 Å². The molecule has 0 radical (unpaired) electrons. The molecule has 1 atom stereocenters. The molecule has 1 N–H and O–H groups in total. The normalized spacial score (nSPS) is 12.2. The molecule has 0 aliphatic rings. The van der Waals surface area contributed by atoms with Crippen LogP contribution in [0.2, 0.25) is 10.0 Å². The van der Waals surface area contributed by atoms with Crippen molar-refractivity contribution < 1.29 is 14.6 Å². The summed E-state index contributed by atoms with van der Waals surface area (Å²) in [6.45, 7) is 1.73. The molecular weight excluding hydrogens is 239 g/mol. The van der Waals surface area contributed by atoms with Crippen LogP contribution in [0.5, 0.6) is 5.75 Å². The van der Waals surface area contributed by atoms with Crippen LogP contribution in [-0.4, -0.2) is 17.2 Å². The van der Waals surface area contributed by atoms with Gasteiger partial charge in [0, 0.05) is 10.0 Å². The van der Waals surface area contributed by atoms with Crippen molar-refractivity contribution >= 4 is 29.2 Å². The molecule has 3 nitrogen and oxygen atoms in total. The van der Waals surface area contributed by atoms with Gasteiger partial charge in [0.15, 0.2) is 6.10 Å². The Morgan fingerprint density at radius 2 is 1.93 bits per heavy atom. The van der Waals surface area contributed by atoms with Gasteiger partial charge in [0.25, 0.3) is 0 Å². The van der Waals surface area contributed by atoms with Gasteiger partial charge >= 0.3 is 5.97 Å². The predicted octanol–water partition coefficient (Wildman–Crippen LogP) is 3.24. The van der Waals surface area contributed by atoms with Crippen LogP contribution in [0.15, 0.2) is 18.2 Å². The van der Waals surface area contributed by atoms with E-state index in [1.54, 1.807) is 13.0 Å². The molecule has 0 aromatic heterocycles. The number of rotatable bonds is 4. The molecule has 0 saturated carbocycles. The molecule has 0 spiro atoms. The minimum absolute atomic E-state index is 0.363. The van der Waals surface area contributed by atoms with Crippen molar-refractivity contribution in [3.63, 3.8) is 0 Å². The van der Waals surface area contributed by atoms with Gasteiger partial charge in [-0.2, -0.15) is 0 Å². The molecule has 0 heterocycles. The number of carboxylic acid groups (broad SMARTS) is 1. The van der Waals surface area contributed by atoms with Crippen LogP contribution in [-0.2, 0) is 4.79 Å². The maximum Gasteiger partial charge on any atom is 0.344 e. The van der Waals surface area contributed by atoms with Gasteiger partial charge < -0.3 is 9.84 Å². The van der Waals surface area contributed by atoms with Crippen LogP contribution in [0.3, 0.4) is 0 Å². The summed E-state index contributed by atoms with van der Waals surface area (Å²) in [5, 5.41) is 9.61. The molecule has 1 rings (SSSR count). The van der Waals surface area contributed by atoms with E-state index in [0.717, 1.165) is 0 Å². The average molecular weight is 249 g/mol. The van der Waals surface area contributed by atoms with E-state index in [4.69, 9.17) is 33.0 Å². The van der Waals surface area contributed by atoms with Gasteiger partial charge in [-0.05, 0) is 24.6 Å². The third kappa shape index (κ3) is 3.61. The Morgan fingerprint density at radius 1 is 1.40 bits per heavy atom. The van der Waals surface area contributed by atoms with Gasteiger partial charge in [0.2, 0.25) is 0 Å². The fraction of sp³-hybridized carbons (Fsp3) is 0.300. The fourth-order valence-electron chi connectivity index (χ4n) is 1.07. The largest absolute Gasteiger partial charge is 0.479 e. The molecule has 0 bridgehead atoms. The van der Waals surface area contributed by atoms with Crippen molar-refractivity contribution in [1.29, 1.82) is 0 Å². The Bertz CT molecular complexity index is 345. The van der Waals surface area contributed by atoms with Crippen LogP contribution >= 0.6 is 23.2 Å². The Balaban J connectivity index is 2.83. The Labute approximate surface area is 97.6 Å². The van der Waals surface area contributed by atoms with Crippen molar-refractivity contribution in [3.8, 4) is 5.75 Å². The molecule has 82 valence electrons. The minimum atomic E-state index is -1.01. The highest BCUT2D eigenvalue weighted by Crippen LogP contribution is 2.25. The highest BCUT2D eigenvalue weighted by molar-refractivity contribution is 6.34. The first-order valence-electron chi connectivity index (χ1n) is 4.38. The van der Waals surface area contributed by atoms with E-state index in [1.807, 2.05) is 0 Å². The molecule has 5 heteroatoms. The summed E-state index contributed by atoms with van der Waals surface area (Å²) in [5.41, 5.74) is 0. The molecule has 1 aromatic rings. The number of ether oxygens (including phenoxy) is 1. The number of carboxylic acids is 1. The van der Waals surface area contributed by atoms with Crippen molar-refractivity contribution in [1.82, 2.24) is 0 Å². The van der Waals surface area contributed by atoms with Crippen LogP contribution in [0.1, 0.15) is 13.3 Å². The summed E-state index contributed by atoms with van der Waals surface area (Å²) < 4.78 is 5.22. The topological polar surface area (TPSA) is 46.5 Å². The standard InChI is InChI=1S/C10H10Cl2O3/c1-2-9(10(13)14)15-8-4-6(11)3-7(12)5-8/h3-5,9H,2H2,1H3,(H,13,14). The second-order valence-corrected chi connectivity index (χ2v) is 3.83. The number of benzene rings is 1. The van der Waals surface area contributed by atoms with E-state index in [0.29, 0.717) is 22.2 Å². The van der Waals surface area contributed by atoms with E-state index in [2.05, 4.69) is 0 Å². The van der Waals surface area contributed by atoms with Gasteiger partial charge in [-0.25, -0.2) is 4.79 Å². The Kier molecular flexibility index (Phi) is 4.24. The molecule has 0 fully saturated rings. The smallest absolute Gasteiger partial charge is 0.344 e. The van der Waals surface area contributed by atoms with Crippen molar-refractivity contribution in [2.45, 2.75) is 19.4 Å². The molecule has 15 heavy (non-hydrogen) atoms. The monoisotopic (exact) mass is 248 g/mol. The summed E-state index contributed by atoms with van der Waals surface area (Å²) in [5.74, 6) is -0.643. The summed E-state index contributed by atoms with van der Waals surface area (Å²) in [6, 6.07) is 4.61. The zero-order valence-electron chi connectivity index (χ0n) is 8.04. The Hall–Kier alpha value is -0.930. The highest BCUT2D eigenvalue weighted by atomic mass is 35.5. The van der Waals surface area contributed by atoms with E-state index in [9.17, 15) is 4.79 Å². The second kappa shape index (κ2) is 5.24. The van der Waals surface area contributed by atoms with Gasteiger partial charge in [-0.3, -0.25) is 0 Å². The van der Waals surface area contributed by atoms with Crippen LogP contribution in [0, 0.1) is 0 Å². The quantitative estimate of drug-likeness (QED) is 0.890. The molecule has 1 unspecified atom stereocenters. The average Bonchev–Trinajstić information content (AvgIpc) is 2.12. The van der Waals surface area contributed by atoms with Gasteiger partial charge in [0.1, 0.15) is 5.75 Å². The lowest BCUT2D eigenvalue weighted by atomic mass is 10.2. The zero-order valence-corrected chi connectivity index (χ0v) is 9.55. The highest BCUT2D eigenvalue weighted by Gasteiger charge is 2.16. The number of hydrogen-bond donors (Lipinski definition) is 1. The number of aliphatic carboxylic acids is 1. The molecule has 0 aliphatic heterocycles. The van der Waals surface area contributed by atoms with Crippen molar-refractivity contribution in [2.75, 3.05) is 0 Å². The first-order chi connectivity index (χ1) is 7.02. The lowest BCUT2D eigenvalue weighted by Crippen LogP contribution is -2.25. The number of halogens is 2. The summed E-state index contributed by atoms with van der Waals surface area (Å²) >= 11 is 11.5. The maximum absolute atomic E-state index is 10.7. The van der Waals surface area contributed by atoms with E-state index in [1.165, 1.54) is 12.1 Å². The third-order valence-electron chi connectivity index (χ3n) is 1.76. The fourth-order valence-corrected chi connectivity index (χ4v) is 1.58. The first-order valence-corrected chi connectivity index (χ1v) is 5.14. The van der Waals surface area contributed by atoms with Gasteiger partial charge in [0.05, 0.1) is 0 Å². The second-order valence-electron chi connectivity index (χ2n) is 2.96. The molecule has 0 saturated heterocycles. The maximum atomic E-state index is 10.7. The van der Waals surface area contributed by atoms with Crippen molar-refractivity contribution in [2.24, 2.45) is 0 Å². The van der Waals surface area contributed by atoms with Crippen LogP contribution in [0.25, 0.3) is 0 Å². The zero-order chi connectivity index (χ0) is 11.4. The SMILES string of the molecule is CCC(Oc1cc(Cl)cc(Cl)c1)C(=O)O. The predicted molar refractivity (Wildman–Crippen MR) is 58.8 cm³/mol. The van der Waals surface area contributed by atoms with Gasteiger partial charge in [-0.15, -0.1) is 0 Å². The lowest BCUT2D eigenvalue weighted by molar-refractivity contribution is -0.145. The van der Waals surface area contributed by atoms with E-state index >= 15 is 0 Å². The summed E-state index contributed by atoms with van der Waals surface area (Å²) in [4.78, 5) is 10.7. The van der Waals surface area contributed by atoms with Crippen molar-refractivity contribution in [3.05, 3.63) is 28.2 Å². The lowest BCUT2D eigenvalue weighted by Gasteiger charge is -2.13. The number of carbonyl (C=O) groups is 1. The molecule has 0 aliphatic carbocycles. The van der Waals surface area contributed by atoms with E-state index < -0.39 is 12.1 Å². The third-order valence-corrected chi connectivity index (χ3v) is 2.20. The van der Waals surface area contributed by atoms with Gasteiger partial charge in [-0.1, -0.05) is 30.1 Å². The van der Waals surface area contributed by atoms with Crippen LogP contribution < -0.4 is 4.74 Å².